The first kappa shape index (κ1) is 24.7. The SMILES string of the molecule is CCNC(=O)c1cn(CCc2ccccc2)cc(C(=O)N[C@@H](c2ccccn2)C(F)(F)F)c1=O. The largest absolute Gasteiger partial charge is 0.414 e. The van der Waals surface area contributed by atoms with E-state index in [0.717, 1.165) is 17.8 Å². The lowest BCUT2D eigenvalue weighted by molar-refractivity contribution is -0.156. The lowest BCUT2D eigenvalue weighted by Crippen LogP contribution is -2.41. The molecule has 1 atom stereocenters. The highest BCUT2D eigenvalue weighted by Crippen LogP contribution is 2.31. The van der Waals surface area contributed by atoms with Crippen molar-refractivity contribution in [3.05, 3.63) is 99.7 Å². The van der Waals surface area contributed by atoms with E-state index in [1.807, 2.05) is 35.6 Å². The molecular weight excluding hydrogens is 449 g/mol. The molecule has 0 aliphatic heterocycles. The van der Waals surface area contributed by atoms with E-state index in [-0.39, 0.29) is 12.1 Å². The normalized spacial score (nSPS) is 12.1. The molecule has 0 saturated heterocycles. The fourth-order valence-electron chi connectivity index (χ4n) is 3.32. The monoisotopic (exact) mass is 472 g/mol. The van der Waals surface area contributed by atoms with Gasteiger partial charge in [-0.3, -0.25) is 19.4 Å². The van der Waals surface area contributed by atoms with Crippen LogP contribution in [0, 0.1) is 0 Å². The van der Waals surface area contributed by atoms with Crippen LogP contribution in [0.3, 0.4) is 0 Å². The number of nitrogens with zero attached hydrogens (tertiary/aromatic N) is 2. The number of halogens is 3. The van der Waals surface area contributed by atoms with Crippen LogP contribution in [-0.2, 0) is 13.0 Å². The van der Waals surface area contributed by atoms with E-state index >= 15 is 0 Å². The van der Waals surface area contributed by atoms with Gasteiger partial charge in [-0.25, -0.2) is 0 Å². The van der Waals surface area contributed by atoms with E-state index in [0.29, 0.717) is 13.0 Å². The average Bonchev–Trinajstić information content (AvgIpc) is 2.82. The van der Waals surface area contributed by atoms with E-state index in [4.69, 9.17) is 0 Å². The Morgan fingerprint density at radius 1 is 1.00 bits per heavy atom. The Labute approximate surface area is 193 Å². The van der Waals surface area contributed by atoms with Gasteiger partial charge < -0.3 is 15.2 Å². The molecule has 1 aromatic carbocycles. The second-order valence-corrected chi connectivity index (χ2v) is 7.45. The van der Waals surface area contributed by atoms with E-state index < -0.39 is 40.7 Å². The number of hydrogen-bond donors (Lipinski definition) is 2. The van der Waals surface area contributed by atoms with Crippen molar-refractivity contribution in [3.63, 3.8) is 0 Å². The molecule has 2 heterocycles. The summed E-state index contributed by atoms with van der Waals surface area (Å²) in [4.78, 5) is 41.9. The number of hydrogen-bond acceptors (Lipinski definition) is 4. The maximum absolute atomic E-state index is 13.7. The summed E-state index contributed by atoms with van der Waals surface area (Å²) < 4.78 is 42.5. The Balaban J connectivity index is 1.97. The van der Waals surface area contributed by atoms with Gasteiger partial charge in [-0.05, 0) is 31.0 Å². The number of aromatic nitrogens is 2. The van der Waals surface area contributed by atoms with Crippen molar-refractivity contribution in [2.75, 3.05) is 6.54 Å². The van der Waals surface area contributed by atoms with Crippen molar-refractivity contribution in [1.29, 1.82) is 0 Å². The minimum absolute atomic E-state index is 0.231. The van der Waals surface area contributed by atoms with Crippen molar-refractivity contribution in [1.82, 2.24) is 20.2 Å². The third kappa shape index (κ3) is 6.09. The number of alkyl halides is 3. The zero-order valence-electron chi connectivity index (χ0n) is 18.3. The quantitative estimate of drug-likeness (QED) is 0.526. The third-order valence-electron chi connectivity index (χ3n) is 4.99. The summed E-state index contributed by atoms with van der Waals surface area (Å²) in [5.74, 6) is -1.97. The van der Waals surface area contributed by atoms with Crippen molar-refractivity contribution < 1.29 is 22.8 Å². The Hall–Kier alpha value is -3.95. The average molecular weight is 472 g/mol. The lowest BCUT2D eigenvalue weighted by Gasteiger charge is -2.21. The van der Waals surface area contributed by atoms with Crippen LogP contribution in [0.25, 0.3) is 0 Å². The molecule has 0 unspecified atom stereocenters. The number of amides is 2. The first-order chi connectivity index (χ1) is 16.2. The van der Waals surface area contributed by atoms with Crippen LogP contribution < -0.4 is 16.1 Å². The highest BCUT2D eigenvalue weighted by molar-refractivity contribution is 5.99. The zero-order chi connectivity index (χ0) is 24.7. The molecule has 2 amide bonds. The van der Waals surface area contributed by atoms with Crippen LogP contribution in [0.2, 0.25) is 0 Å². The van der Waals surface area contributed by atoms with E-state index in [9.17, 15) is 27.6 Å². The van der Waals surface area contributed by atoms with Crippen LogP contribution in [0.5, 0.6) is 0 Å². The molecule has 0 saturated carbocycles. The molecule has 3 rings (SSSR count). The maximum Gasteiger partial charge on any atom is 0.414 e. The summed E-state index contributed by atoms with van der Waals surface area (Å²) in [6.45, 7) is 2.18. The molecular formula is C24H23F3N4O3. The third-order valence-corrected chi connectivity index (χ3v) is 4.99. The molecule has 0 aliphatic rings. The number of aryl methyl sites for hydroxylation is 2. The Morgan fingerprint density at radius 2 is 1.65 bits per heavy atom. The predicted molar refractivity (Wildman–Crippen MR) is 119 cm³/mol. The van der Waals surface area contributed by atoms with Gasteiger partial charge in [0.1, 0.15) is 11.1 Å². The first-order valence-corrected chi connectivity index (χ1v) is 10.6. The Kier molecular flexibility index (Phi) is 7.83. The highest BCUT2D eigenvalue weighted by Gasteiger charge is 2.43. The summed E-state index contributed by atoms with van der Waals surface area (Å²) in [5.41, 5.74) is -1.31. The molecule has 10 heteroatoms. The zero-order valence-corrected chi connectivity index (χ0v) is 18.3. The maximum atomic E-state index is 13.7. The summed E-state index contributed by atoms with van der Waals surface area (Å²) in [6.07, 6.45) is -0.707. The fourth-order valence-corrected chi connectivity index (χ4v) is 3.32. The van der Waals surface area contributed by atoms with Crippen molar-refractivity contribution in [2.45, 2.75) is 32.1 Å². The fraction of sp³-hybridized carbons (Fsp3) is 0.250. The molecule has 7 nitrogen and oxygen atoms in total. The summed E-state index contributed by atoms with van der Waals surface area (Å²) >= 11 is 0. The van der Waals surface area contributed by atoms with Gasteiger partial charge in [-0.2, -0.15) is 13.2 Å². The molecule has 34 heavy (non-hydrogen) atoms. The van der Waals surface area contributed by atoms with Crippen LogP contribution in [0.1, 0.15) is 44.9 Å². The van der Waals surface area contributed by atoms with E-state index in [1.54, 1.807) is 6.92 Å². The molecule has 178 valence electrons. The molecule has 3 aromatic rings. The molecule has 2 aromatic heterocycles. The number of rotatable bonds is 8. The topological polar surface area (TPSA) is 93.1 Å². The van der Waals surface area contributed by atoms with Gasteiger partial charge in [-0.15, -0.1) is 0 Å². The Bertz CT molecular complexity index is 1200. The number of carbonyl (C=O) groups excluding carboxylic acids is 2. The van der Waals surface area contributed by atoms with E-state index in [1.165, 1.54) is 29.1 Å². The van der Waals surface area contributed by atoms with Crippen molar-refractivity contribution >= 4 is 11.8 Å². The van der Waals surface area contributed by atoms with Gasteiger partial charge in [0.15, 0.2) is 6.04 Å². The molecule has 0 bridgehead atoms. The second-order valence-electron chi connectivity index (χ2n) is 7.45. The van der Waals surface area contributed by atoms with Gasteiger partial charge in [-0.1, -0.05) is 36.4 Å². The number of pyridine rings is 2. The minimum atomic E-state index is -4.85. The summed E-state index contributed by atoms with van der Waals surface area (Å²) in [6, 6.07) is 10.9. The van der Waals surface area contributed by atoms with E-state index in [2.05, 4.69) is 10.3 Å². The second kappa shape index (κ2) is 10.8. The molecule has 2 N–H and O–H groups in total. The minimum Gasteiger partial charge on any atom is -0.352 e. The summed E-state index contributed by atoms with van der Waals surface area (Å²) in [7, 11) is 0. The van der Waals surface area contributed by atoms with Crippen LogP contribution in [-0.4, -0.2) is 34.1 Å². The van der Waals surface area contributed by atoms with Gasteiger partial charge in [0.05, 0.1) is 5.69 Å². The van der Waals surface area contributed by atoms with Crippen LogP contribution in [0.15, 0.2) is 71.9 Å². The highest BCUT2D eigenvalue weighted by atomic mass is 19.4. The number of carbonyl (C=O) groups is 2. The Morgan fingerprint density at radius 3 is 2.24 bits per heavy atom. The van der Waals surface area contributed by atoms with Gasteiger partial charge in [0.25, 0.3) is 11.8 Å². The van der Waals surface area contributed by atoms with Crippen LogP contribution >= 0.6 is 0 Å². The predicted octanol–water partition coefficient (Wildman–Crippen LogP) is 3.27. The lowest BCUT2D eigenvalue weighted by atomic mass is 10.1. The van der Waals surface area contributed by atoms with Gasteiger partial charge >= 0.3 is 6.18 Å². The van der Waals surface area contributed by atoms with Gasteiger partial charge in [0.2, 0.25) is 5.43 Å². The molecule has 0 radical (unpaired) electrons. The number of nitrogens with one attached hydrogen (secondary N) is 2. The van der Waals surface area contributed by atoms with Crippen LogP contribution in [0.4, 0.5) is 13.2 Å². The van der Waals surface area contributed by atoms with Crippen molar-refractivity contribution in [3.8, 4) is 0 Å². The smallest absolute Gasteiger partial charge is 0.352 e. The standard InChI is InChI=1S/C24H23F3N4O3/c1-2-28-22(33)17-14-31(13-11-16-8-4-3-5-9-16)15-18(20(17)32)23(34)30-21(24(25,26)27)19-10-6-7-12-29-19/h3-10,12,14-15,21H,2,11,13H2,1H3,(H,28,33)(H,30,34)/t21-/m0/s1. The summed E-state index contributed by atoms with van der Waals surface area (Å²) in [5, 5.41) is 4.34. The van der Waals surface area contributed by atoms with Crippen molar-refractivity contribution in [2.24, 2.45) is 0 Å². The first-order valence-electron chi connectivity index (χ1n) is 10.6. The molecule has 0 aliphatic carbocycles. The number of benzene rings is 1. The molecule has 0 fully saturated rings. The molecule has 0 spiro atoms. The van der Waals surface area contributed by atoms with Gasteiger partial charge in [0, 0.05) is 31.7 Å².